The Balaban J connectivity index is 2.21. The second kappa shape index (κ2) is 5.91. The van der Waals surface area contributed by atoms with Gasteiger partial charge in [0, 0.05) is 23.9 Å². The van der Waals surface area contributed by atoms with Crippen molar-refractivity contribution < 1.29 is 0 Å². The molecule has 2 heterocycles. The van der Waals surface area contributed by atoms with Gasteiger partial charge < -0.3 is 5.32 Å². The molecule has 0 saturated carbocycles. The summed E-state index contributed by atoms with van der Waals surface area (Å²) < 4.78 is 1.84. The maximum absolute atomic E-state index is 4.36. The Morgan fingerprint density at radius 3 is 2.94 bits per heavy atom. The molecule has 5 nitrogen and oxygen atoms in total. The number of aryl methyl sites for hydroxylation is 1. The summed E-state index contributed by atoms with van der Waals surface area (Å²) in [5, 5.41) is 7.80. The minimum atomic E-state index is 0.485. The van der Waals surface area contributed by atoms with E-state index in [0.717, 1.165) is 31.5 Å². The van der Waals surface area contributed by atoms with Crippen molar-refractivity contribution in [3.8, 4) is 0 Å². The van der Waals surface area contributed by atoms with Gasteiger partial charge in [0.15, 0.2) is 0 Å². The summed E-state index contributed by atoms with van der Waals surface area (Å²) >= 11 is 0. The van der Waals surface area contributed by atoms with Crippen LogP contribution < -0.4 is 5.32 Å². The van der Waals surface area contributed by atoms with E-state index in [4.69, 9.17) is 0 Å². The minimum Gasteiger partial charge on any atom is -0.314 e. The van der Waals surface area contributed by atoms with E-state index in [1.165, 1.54) is 5.69 Å². The van der Waals surface area contributed by atoms with E-state index in [1.807, 2.05) is 11.4 Å². The van der Waals surface area contributed by atoms with Gasteiger partial charge in [0.05, 0.1) is 0 Å². The molecule has 0 bridgehead atoms. The van der Waals surface area contributed by atoms with Crippen molar-refractivity contribution in [1.29, 1.82) is 0 Å². The van der Waals surface area contributed by atoms with E-state index in [2.05, 4.69) is 40.3 Å². The second-order valence-corrected chi connectivity index (χ2v) is 4.62. The third kappa shape index (κ3) is 2.85. The van der Waals surface area contributed by atoms with Crippen molar-refractivity contribution in [3.63, 3.8) is 0 Å². The lowest BCUT2D eigenvalue weighted by Gasteiger charge is -2.17. The van der Waals surface area contributed by atoms with Crippen LogP contribution in [-0.4, -0.2) is 32.2 Å². The van der Waals surface area contributed by atoms with Crippen LogP contribution in [0.4, 0.5) is 0 Å². The second-order valence-electron chi connectivity index (χ2n) is 4.62. The van der Waals surface area contributed by atoms with Gasteiger partial charge in [-0.3, -0.25) is 0 Å². The maximum atomic E-state index is 4.36. The smallest absolute Gasteiger partial charge is 0.252 e. The van der Waals surface area contributed by atoms with Gasteiger partial charge in [-0.2, -0.15) is 10.1 Å². The molecule has 0 saturated heterocycles. The van der Waals surface area contributed by atoms with Gasteiger partial charge in [-0.1, -0.05) is 13.8 Å². The Labute approximate surface area is 108 Å². The lowest BCUT2D eigenvalue weighted by molar-refractivity contribution is 0.486. The number of nitrogens with one attached hydrogen (secondary N) is 1. The molecule has 2 aromatic heterocycles. The van der Waals surface area contributed by atoms with Gasteiger partial charge in [-0.25, -0.2) is 9.50 Å². The average Bonchev–Trinajstić information content (AvgIpc) is 2.82. The summed E-state index contributed by atoms with van der Waals surface area (Å²) in [4.78, 5) is 8.52. The molecule has 0 aliphatic heterocycles. The van der Waals surface area contributed by atoms with Gasteiger partial charge in [-0.15, -0.1) is 0 Å². The topological polar surface area (TPSA) is 55.1 Å². The molecule has 1 atom stereocenters. The predicted octanol–water partition coefficient (Wildman–Crippen LogP) is 1.75. The molecule has 0 fully saturated rings. The molecule has 98 valence electrons. The number of aromatic nitrogens is 4. The van der Waals surface area contributed by atoms with Gasteiger partial charge in [0.2, 0.25) is 0 Å². The Kier molecular flexibility index (Phi) is 4.25. The Morgan fingerprint density at radius 1 is 1.39 bits per heavy atom. The fourth-order valence-electron chi connectivity index (χ4n) is 2.11. The van der Waals surface area contributed by atoms with Crippen molar-refractivity contribution in [2.24, 2.45) is 0 Å². The van der Waals surface area contributed by atoms with Crippen LogP contribution in [0.2, 0.25) is 0 Å². The number of nitrogens with zero attached hydrogens (tertiary/aromatic N) is 4. The Hall–Kier alpha value is -1.49. The molecule has 5 heteroatoms. The highest BCUT2D eigenvalue weighted by Gasteiger charge is 2.11. The van der Waals surface area contributed by atoms with Crippen LogP contribution in [0.15, 0.2) is 12.4 Å². The molecule has 18 heavy (non-hydrogen) atoms. The number of hydrogen-bond acceptors (Lipinski definition) is 4. The van der Waals surface area contributed by atoms with E-state index in [9.17, 15) is 0 Å². The van der Waals surface area contributed by atoms with Crippen LogP contribution in [0.3, 0.4) is 0 Å². The van der Waals surface area contributed by atoms with Crippen molar-refractivity contribution in [2.75, 3.05) is 6.54 Å². The average molecular weight is 247 g/mol. The molecule has 0 spiro atoms. The molecule has 0 aliphatic carbocycles. The zero-order valence-electron chi connectivity index (χ0n) is 11.3. The molecule has 0 aliphatic rings. The number of hydrogen-bond donors (Lipinski definition) is 1. The third-order valence-corrected chi connectivity index (χ3v) is 3.09. The molecule has 1 N–H and O–H groups in total. The van der Waals surface area contributed by atoms with Crippen LogP contribution >= 0.6 is 0 Å². The van der Waals surface area contributed by atoms with Crippen LogP contribution in [0, 0.1) is 6.92 Å². The van der Waals surface area contributed by atoms with Gasteiger partial charge >= 0.3 is 0 Å². The van der Waals surface area contributed by atoms with Gasteiger partial charge in [0.25, 0.3) is 5.78 Å². The van der Waals surface area contributed by atoms with E-state index in [-0.39, 0.29) is 0 Å². The fraction of sp³-hybridized carbons (Fsp3) is 0.615. The fourth-order valence-corrected chi connectivity index (χ4v) is 2.11. The number of rotatable bonds is 6. The lowest BCUT2D eigenvalue weighted by Crippen LogP contribution is -2.31. The molecular weight excluding hydrogens is 226 g/mol. The van der Waals surface area contributed by atoms with E-state index < -0.39 is 0 Å². The van der Waals surface area contributed by atoms with E-state index in [1.54, 1.807) is 6.33 Å². The molecule has 1 unspecified atom stereocenters. The van der Waals surface area contributed by atoms with Crippen LogP contribution in [0.5, 0.6) is 0 Å². The van der Waals surface area contributed by atoms with Crippen LogP contribution in [0.25, 0.3) is 5.78 Å². The molecule has 2 rings (SSSR count). The minimum absolute atomic E-state index is 0.485. The highest BCUT2D eigenvalue weighted by Crippen LogP contribution is 2.09. The SMILES string of the molecule is CCCNC(CC)Cc1cc(C)nc2ncnn12. The van der Waals surface area contributed by atoms with Gasteiger partial charge in [0.1, 0.15) is 6.33 Å². The third-order valence-electron chi connectivity index (χ3n) is 3.09. The van der Waals surface area contributed by atoms with Crippen molar-refractivity contribution in [3.05, 3.63) is 23.8 Å². The lowest BCUT2D eigenvalue weighted by atomic mass is 10.1. The zero-order chi connectivity index (χ0) is 13.0. The molecule has 0 radical (unpaired) electrons. The molecule has 0 aromatic carbocycles. The summed E-state index contributed by atoms with van der Waals surface area (Å²) in [6.45, 7) is 7.45. The molecule has 2 aromatic rings. The van der Waals surface area contributed by atoms with Crippen molar-refractivity contribution in [1.82, 2.24) is 24.9 Å². The predicted molar refractivity (Wildman–Crippen MR) is 71.6 cm³/mol. The largest absolute Gasteiger partial charge is 0.314 e. The van der Waals surface area contributed by atoms with Crippen LogP contribution in [-0.2, 0) is 6.42 Å². The molecular formula is C13H21N5. The normalized spacial score (nSPS) is 13.1. The molecule has 0 amide bonds. The summed E-state index contributed by atoms with van der Waals surface area (Å²) in [6, 6.07) is 2.58. The maximum Gasteiger partial charge on any atom is 0.252 e. The highest BCUT2D eigenvalue weighted by atomic mass is 15.3. The Bertz CT molecular complexity index is 505. The summed E-state index contributed by atoms with van der Waals surface area (Å²) in [6.07, 6.45) is 4.79. The van der Waals surface area contributed by atoms with E-state index >= 15 is 0 Å². The summed E-state index contributed by atoms with van der Waals surface area (Å²) in [5.41, 5.74) is 2.17. The van der Waals surface area contributed by atoms with E-state index in [0.29, 0.717) is 11.8 Å². The number of fused-ring (bicyclic) bond motifs is 1. The first kappa shape index (κ1) is 13.0. The van der Waals surface area contributed by atoms with Crippen molar-refractivity contribution in [2.45, 2.75) is 46.1 Å². The Morgan fingerprint density at radius 2 is 2.22 bits per heavy atom. The first-order valence-electron chi connectivity index (χ1n) is 6.64. The summed E-state index contributed by atoms with van der Waals surface area (Å²) in [5.74, 6) is 0.690. The summed E-state index contributed by atoms with van der Waals surface area (Å²) in [7, 11) is 0. The standard InChI is InChI=1S/C13H21N5/c1-4-6-14-11(5-2)8-12-7-10(3)17-13-15-9-16-18(12)13/h7,9,11,14H,4-6,8H2,1-3H3. The zero-order valence-corrected chi connectivity index (χ0v) is 11.3. The first-order chi connectivity index (χ1) is 8.74. The monoisotopic (exact) mass is 247 g/mol. The van der Waals surface area contributed by atoms with Gasteiger partial charge in [-0.05, 0) is 32.4 Å². The van der Waals surface area contributed by atoms with Crippen LogP contribution in [0.1, 0.15) is 38.1 Å². The quantitative estimate of drug-likeness (QED) is 0.845. The highest BCUT2D eigenvalue weighted by molar-refractivity contribution is 5.30. The first-order valence-corrected chi connectivity index (χ1v) is 6.64. The van der Waals surface area contributed by atoms with Crippen molar-refractivity contribution >= 4 is 5.78 Å².